The molecule has 0 spiro atoms. The molecular weight excluding hydrogens is 325 g/mol. The van der Waals surface area contributed by atoms with Crippen molar-refractivity contribution in [3.05, 3.63) is 42.4 Å². The maximum Gasteiger partial charge on any atom is 0.408 e. The molecule has 0 aliphatic heterocycles. The Kier molecular flexibility index (Phi) is 3.92. The number of methoxy groups -OCH3 is 1. The summed E-state index contributed by atoms with van der Waals surface area (Å²) in [7, 11) is 1.27. The van der Waals surface area contributed by atoms with Crippen molar-refractivity contribution in [1.82, 2.24) is 19.7 Å². The largest absolute Gasteiger partial charge is 0.465 e. The molecule has 3 aromatic heterocycles. The second kappa shape index (κ2) is 5.91. The normalized spacial score (nSPS) is 11.7. The van der Waals surface area contributed by atoms with E-state index in [-0.39, 0.29) is 5.52 Å². The minimum atomic E-state index is -4.37. The number of pyridine rings is 2. The van der Waals surface area contributed by atoms with Gasteiger partial charge in [0, 0.05) is 11.6 Å². The van der Waals surface area contributed by atoms with Crippen LogP contribution < -0.4 is 0 Å². The van der Waals surface area contributed by atoms with Gasteiger partial charge in [-0.25, -0.2) is 4.79 Å². The maximum absolute atomic E-state index is 12.5. The van der Waals surface area contributed by atoms with Crippen LogP contribution in [0.3, 0.4) is 0 Å². The third-order valence-electron chi connectivity index (χ3n) is 3.30. The van der Waals surface area contributed by atoms with E-state index in [0.717, 1.165) is 4.68 Å². The van der Waals surface area contributed by atoms with E-state index in [1.54, 1.807) is 6.07 Å². The van der Waals surface area contributed by atoms with Crippen molar-refractivity contribution in [2.24, 2.45) is 0 Å². The van der Waals surface area contributed by atoms with E-state index >= 15 is 0 Å². The van der Waals surface area contributed by atoms with Gasteiger partial charge in [0.15, 0.2) is 0 Å². The quantitative estimate of drug-likeness (QED) is 0.688. The summed E-state index contributed by atoms with van der Waals surface area (Å²) in [5.74, 6) is -0.516. The van der Waals surface area contributed by atoms with Gasteiger partial charge in [-0.1, -0.05) is 0 Å². The first-order chi connectivity index (χ1) is 11.4. The molecule has 0 unspecified atom stereocenters. The minimum absolute atomic E-state index is 0.264. The summed E-state index contributed by atoms with van der Waals surface area (Å²) in [5, 5.41) is 4.23. The Hall–Kier alpha value is -2.97. The third kappa shape index (κ3) is 3.19. The zero-order valence-electron chi connectivity index (χ0n) is 12.4. The molecule has 0 amide bonds. The Labute approximate surface area is 133 Å². The van der Waals surface area contributed by atoms with Crippen LogP contribution >= 0.6 is 0 Å². The molecule has 0 atom stereocenters. The topological polar surface area (TPSA) is 69.9 Å². The van der Waals surface area contributed by atoms with Gasteiger partial charge in [0.1, 0.15) is 6.54 Å². The Morgan fingerprint density at radius 2 is 1.96 bits per heavy atom. The molecule has 0 aliphatic carbocycles. The molecule has 0 aromatic carbocycles. The van der Waals surface area contributed by atoms with Gasteiger partial charge in [0.2, 0.25) is 0 Å². The SMILES string of the molecule is COC(=O)c1ccnc(-c2cc3cnn(CC(F)(F)F)c3cn2)c1. The highest BCUT2D eigenvalue weighted by atomic mass is 19.4. The number of aromatic nitrogens is 4. The van der Waals surface area contributed by atoms with Crippen LogP contribution in [0.2, 0.25) is 0 Å². The van der Waals surface area contributed by atoms with Gasteiger partial charge >= 0.3 is 12.1 Å². The molecule has 24 heavy (non-hydrogen) atoms. The molecule has 0 aliphatic rings. The Balaban J connectivity index is 1.99. The van der Waals surface area contributed by atoms with Gasteiger partial charge in [0.25, 0.3) is 0 Å². The number of rotatable bonds is 3. The summed E-state index contributed by atoms with van der Waals surface area (Å²) >= 11 is 0. The van der Waals surface area contributed by atoms with E-state index in [1.165, 1.54) is 37.8 Å². The molecule has 3 aromatic rings. The van der Waals surface area contributed by atoms with Gasteiger partial charge in [-0.3, -0.25) is 14.6 Å². The fourth-order valence-electron chi connectivity index (χ4n) is 2.23. The summed E-state index contributed by atoms with van der Waals surface area (Å²) in [6.45, 7) is -1.19. The van der Waals surface area contributed by atoms with Crippen LogP contribution in [0.5, 0.6) is 0 Å². The van der Waals surface area contributed by atoms with E-state index in [2.05, 4.69) is 19.8 Å². The molecule has 0 bridgehead atoms. The lowest BCUT2D eigenvalue weighted by Crippen LogP contribution is -2.18. The summed E-state index contributed by atoms with van der Waals surface area (Å²) in [5.41, 5.74) is 1.39. The zero-order chi connectivity index (χ0) is 17.3. The number of ether oxygens (including phenoxy) is 1. The van der Waals surface area contributed by atoms with Crippen molar-refractivity contribution in [2.75, 3.05) is 7.11 Å². The van der Waals surface area contributed by atoms with Gasteiger partial charge in [-0.2, -0.15) is 18.3 Å². The van der Waals surface area contributed by atoms with E-state index in [9.17, 15) is 18.0 Å². The van der Waals surface area contributed by atoms with E-state index < -0.39 is 18.7 Å². The first-order valence-electron chi connectivity index (χ1n) is 6.80. The number of alkyl halides is 3. The number of fused-ring (bicyclic) bond motifs is 1. The van der Waals surface area contributed by atoms with Crippen LogP contribution in [0.15, 0.2) is 36.8 Å². The standard InChI is InChI=1S/C15H11F3N4O2/c1-24-14(23)9-2-3-19-11(4-9)12-5-10-6-21-22(8-15(16,17)18)13(10)7-20-12/h2-7H,8H2,1H3. The predicted octanol–water partition coefficient (Wildman–Crippen LogP) is 2.84. The molecule has 6 nitrogen and oxygen atoms in total. The van der Waals surface area contributed by atoms with E-state index in [0.29, 0.717) is 22.3 Å². The fraction of sp³-hybridized carbons (Fsp3) is 0.200. The Bertz CT molecular complexity index is 905. The van der Waals surface area contributed by atoms with Crippen molar-refractivity contribution in [2.45, 2.75) is 12.7 Å². The molecule has 9 heteroatoms. The molecule has 0 fully saturated rings. The number of esters is 1. The van der Waals surface area contributed by atoms with Crippen LogP contribution in [-0.2, 0) is 11.3 Å². The molecule has 0 saturated heterocycles. The number of halogens is 3. The molecule has 0 N–H and O–H groups in total. The Morgan fingerprint density at radius 3 is 2.67 bits per heavy atom. The lowest BCUT2D eigenvalue weighted by Gasteiger charge is -2.07. The van der Waals surface area contributed by atoms with Gasteiger partial charge < -0.3 is 4.74 Å². The average Bonchev–Trinajstić information content (AvgIpc) is 2.94. The van der Waals surface area contributed by atoms with Crippen LogP contribution in [0.4, 0.5) is 13.2 Å². The Morgan fingerprint density at radius 1 is 1.21 bits per heavy atom. The smallest absolute Gasteiger partial charge is 0.408 e. The first kappa shape index (κ1) is 15.9. The highest BCUT2D eigenvalue weighted by Gasteiger charge is 2.29. The van der Waals surface area contributed by atoms with Crippen LogP contribution in [0.25, 0.3) is 22.3 Å². The first-order valence-corrected chi connectivity index (χ1v) is 6.80. The third-order valence-corrected chi connectivity index (χ3v) is 3.30. The van der Waals surface area contributed by atoms with Crippen molar-refractivity contribution < 1.29 is 22.7 Å². The number of carbonyl (C=O) groups excluding carboxylic acids is 1. The molecule has 0 radical (unpaired) electrons. The molecular formula is C15H11F3N4O2. The number of carbonyl (C=O) groups is 1. The van der Waals surface area contributed by atoms with E-state index in [4.69, 9.17) is 0 Å². The highest BCUT2D eigenvalue weighted by molar-refractivity contribution is 5.90. The van der Waals surface area contributed by atoms with Crippen molar-refractivity contribution in [3.63, 3.8) is 0 Å². The molecule has 3 rings (SSSR count). The fourth-order valence-corrected chi connectivity index (χ4v) is 2.23. The van der Waals surface area contributed by atoms with E-state index in [1.807, 2.05) is 0 Å². The second-order valence-electron chi connectivity index (χ2n) is 4.97. The van der Waals surface area contributed by atoms with Crippen molar-refractivity contribution in [3.8, 4) is 11.4 Å². The maximum atomic E-state index is 12.5. The van der Waals surface area contributed by atoms with Gasteiger partial charge in [-0.15, -0.1) is 0 Å². The summed E-state index contributed by atoms with van der Waals surface area (Å²) in [6.07, 6.45) is -0.305. The minimum Gasteiger partial charge on any atom is -0.465 e. The highest BCUT2D eigenvalue weighted by Crippen LogP contribution is 2.24. The summed E-state index contributed by atoms with van der Waals surface area (Å²) in [6, 6.07) is 4.56. The summed E-state index contributed by atoms with van der Waals surface area (Å²) in [4.78, 5) is 19.8. The average molecular weight is 336 g/mol. The van der Waals surface area contributed by atoms with Crippen LogP contribution in [-0.4, -0.2) is 39.0 Å². The molecule has 0 saturated carbocycles. The number of hydrogen-bond donors (Lipinski definition) is 0. The van der Waals surface area contributed by atoms with Crippen LogP contribution in [0, 0.1) is 0 Å². The molecule has 3 heterocycles. The zero-order valence-corrected chi connectivity index (χ0v) is 12.4. The predicted molar refractivity (Wildman–Crippen MR) is 78.2 cm³/mol. The second-order valence-corrected chi connectivity index (χ2v) is 4.97. The van der Waals surface area contributed by atoms with Gasteiger partial charge in [-0.05, 0) is 18.2 Å². The monoisotopic (exact) mass is 336 g/mol. The lowest BCUT2D eigenvalue weighted by molar-refractivity contribution is -0.141. The van der Waals surface area contributed by atoms with Crippen LogP contribution in [0.1, 0.15) is 10.4 Å². The molecule has 124 valence electrons. The number of hydrogen-bond acceptors (Lipinski definition) is 5. The summed E-state index contributed by atoms with van der Waals surface area (Å²) < 4.78 is 43.0. The van der Waals surface area contributed by atoms with Crippen molar-refractivity contribution in [1.29, 1.82) is 0 Å². The van der Waals surface area contributed by atoms with Gasteiger partial charge in [0.05, 0.1) is 42.0 Å². The van der Waals surface area contributed by atoms with Crippen molar-refractivity contribution >= 4 is 16.9 Å². The number of nitrogens with zero attached hydrogens (tertiary/aromatic N) is 4. The lowest BCUT2D eigenvalue weighted by atomic mass is 10.1.